The SMILES string of the molecule is CC(C)(C)OC(=O)N1C[C@@H](CCCNc2cccc(S(=O)(=O)NC(=O)c3ccc(N4CCC(OCCC5C6(CC6)C56CC6)C4=O)nc3Cl)n2)CC1(C)C. The maximum absolute atomic E-state index is 13.2. The average Bonchev–Trinajstić information content (AvgIpc) is 4.03. The third-order valence-corrected chi connectivity index (χ3v) is 13.5. The number of halogens is 1. The van der Waals surface area contributed by atoms with E-state index in [-0.39, 0.29) is 39.1 Å². The molecule has 13 nitrogen and oxygen atoms in total. The zero-order valence-electron chi connectivity index (χ0n) is 31.2. The first-order valence-corrected chi connectivity index (χ1v) is 20.7. The number of anilines is 2. The van der Waals surface area contributed by atoms with Crippen molar-refractivity contribution in [2.24, 2.45) is 22.7 Å². The lowest BCUT2D eigenvalue weighted by atomic mass is 9.93. The third-order valence-electron chi connectivity index (χ3n) is 12.0. The van der Waals surface area contributed by atoms with Crippen molar-refractivity contribution in [2.75, 3.05) is 36.5 Å². The number of ether oxygens (including phenoxy) is 2. The van der Waals surface area contributed by atoms with Crippen LogP contribution in [0.1, 0.15) is 103 Å². The fourth-order valence-corrected chi connectivity index (χ4v) is 10.4. The van der Waals surface area contributed by atoms with E-state index in [2.05, 4.69) is 15.3 Å². The number of amides is 3. The van der Waals surface area contributed by atoms with Crippen LogP contribution in [0.4, 0.5) is 16.4 Å². The molecule has 0 bridgehead atoms. The van der Waals surface area contributed by atoms with Crippen LogP contribution in [0.25, 0.3) is 0 Å². The van der Waals surface area contributed by atoms with Gasteiger partial charge in [0.1, 0.15) is 28.5 Å². The zero-order chi connectivity index (χ0) is 38.0. The van der Waals surface area contributed by atoms with Crippen LogP contribution in [0.5, 0.6) is 0 Å². The highest BCUT2D eigenvalue weighted by Gasteiger charge is 2.85. The Morgan fingerprint density at radius 2 is 1.75 bits per heavy atom. The van der Waals surface area contributed by atoms with Crippen molar-refractivity contribution in [1.29, 1.82) is 0 Å². The maximum atomic E-state index is 13.2. The van der Waals surface area contributed by atoms with Crippen LogP contribution in [-0.4, -0.2) is 84.7 Å². The van der Waals surface area contributed by atoms with Crippen molar-refractivity contribution >= 4 is 51.2 Å². The Kier molecular flexibility index (Phi) is 9.75. The van der Waals surface area contributed by atoms with E-state index >= 15 is 0 Å². The summed E-state index contributed by atoms with van der Waals surface area (Å²) in [4.78, 5) is 50.8. The molecule has 15 heteroatoms. The molecule has 5 fully saturated rings. The van der Waals surface area contributed by atoms with Gasteiger partial charge in [0.05, 0.1) is 5.56 Å². The smallest absolute Gasteiger partial charge is 0.410 e. The van der Waals surface area contributed by atoms with Crippen molar-refractivity contribution in [2.45, 2.75) is 115 Å². The monoisotopic (exact) mass is 770 g/mol. The molecule has 0 aromatic carbocycles. The van der Waals surface area contributed by atoms with Crippen LogP contribution < -0.4 is 14.9 Å². The number of likely N-dealkylation sites (tertiary alicyclic amines) is 1. The molecule has 3 saturated carbocycles. The molecule has 53 heavy (non-hydrogen) atoms. The van der Waals surface area contributed by atoms with Gasteiger partial charge in [-0.3, -0.25) is 14.5 Å². The van der Waals surface area contributed by atoms with Crippen LogP contribution in [-0.2, 0) is 24.3 Å². The lowest BCUT2D eigenvalue weighted by molar-refractivity contribution is -0.127. The second-order valence-electron chi connectivity index (χ2n) is 17.1. The van der Waals surface area contributed by atoms with Gasteiger partial charge in [-0.15, -0.1) is 0 Å². The number of fused-ring (bicyclic) bond motifs is 1. The topological polar surface area (TPSA) is 160 Å². The summed E-state index contributed by atoms with van der Waals surface area (Å²) in [7, 11) is -4.36. The number of nitrogens with zero attached hydrogens (tertiary/aromatic N) is 4. The van der Waals surface area contributed by atoms with Gasteiger partial charge in [-0.2, -0.15) is 8.42 Å². The average molecular weight is 771 g/mol. The molecule has 2 atom stereocenters. The van der Waals surface area contributed by atoms with Crippen molar-refractivity contribution < 1.29 is 32.3 Å². The number of sulfonamides is 1. The van der Waals surface area contributed by atoms with E-state index in [0.29, 0.717) is 55.2 Å². The van der Waals surface area contributed by atoms with Crippen LogP contribution in [0.3, 0.4) is 0 Å². The second-order valence-corrected chi connectivity index (χ2v) is 19.1. The lowest BCUT2D eigenvalue weighted by Gasteiger charge is -2.33. The quantitative estimate of drug-likeness (QED) is 0.178. The van der Waals surface area contributed by atoms with E-state index in [4.69, 9.17) is 21.1 Å². The van der Waals surface area contributed by atoms with Gasteiger partial charge in [-0.25, -0.2) is 19.5 Å². The standard InChI is InChI=1S/C38H51ClN6O7S/c1-35(2,3)52-34(48)45-23-24(22-36(45,4)5)8-7-19-40-28-9-6-10-30(41-28)53(49,50)43-32(46)25-11-12-29(42-31(25)39)44-20-13-26(33(44)47)51-21-14-27-37(15-16-37)38(27)17-18-38/h6,9-12,24,26-27H,7-8,13-23H2,1-5H3,(H,40,41)(H,43,46)/t24-,26?/m0/s1. The summed E-state index contributed by atoms with van der Waals surface area (Å²) in [5.41, 5.74) is 0.196. The molecule has 4 heterocycles. The molecule has 5 aliphatic rings. The molecule has 2 saturated heterocycles. The van der Waals surface area contributed by atoms with E-state index < -0.39 is 27.6 Å². The third kappa shape index (κ3) is 7.60. The first-order chi connectivity index (χ1) is 24.9. The van der Waals surface area contributed by atoms with Gasteiger partial charge in [0.15, 0.2) is 5.03 Å². The number of carbonyl (C=O) groups is 3. The molecule has 3 aliphatic carbocycles. The van der Waals surface area contributed by atoms with Gasteiger partial charge < -0.3 is 19.7 Å². The molecule has 7 rings (SSSR count). The Labute approximate surface area is 317 Å². The predicted molar refractivity (Wildman–Crippen MR) is 199 cm³/mol. The van der Waals surface area contributed by atoms with Crippen molar-refractivity contribution in [3.05, 3.63) is 41.0 Å². The number of pyridine rings is 2. The minimum atomic E-state index is -4.36. The van der Waals surface area contributed by atoms with Crippen molar-refractivity contribution in [3.8, 4) is 0 Å². The predicted octanol–water partition coefficient (Wildman–Crippen LogP) is 6.18. The van der Waals surface area contributed by atoms with E-state index in [1.807, 2.05) is 39.3 Å². The number of aromatic nitrogens is 2. The summed E-state index contributed by atoms with van der Waals surface area (Å²) >= 11 is 6.37. The van der Waals surface area contributed by atoms with Gasteiger partial charge in [-0.05, 0) is 133 Å². The highest BCUT2D eigenvalue weighted by molar-refractivity contribution is 7.90. The molecule has 2 N–H and O–H groups in total. The van der Waals surface area contributed by atoms with Crippen LogP contribution >= 0.6 is 11.6 Å². The highest BCUT2D eigenvalue weighted by atomic mass is 35.5. The first-order valence-electron chi connectivity index (χ1n) is 18.8. The van der Waals surface area contributed by atoms with Gasteiger partial charge in [0.2, 0.25) is 0 Å². The Bertz CT molecular complexity index is 1870. The van der Waals surface area contributed by atoms with Crippen LogP contribution in [0.2, 0.25) is 5.15 Å². The van der Waals surface area contributed by atoms with E-state index in [1.165, 1.54) is 48.8 Å². The Morgan fingerprint density at radius 3 is 2.42 bits per heavy atom. The molecule has 2 aliphatic heterocycles. The number of hydrogen-bond donors (Lipinski definition) is 2. The van der Waals surface area contributed by atoms with Crippen molar-refractivity contribution in [3.63, 3.8) is 0 Å². The molecule has 2 aromatic rings. The van der Waals surface area contributed by atoms with Gasteiger partial charge >= 0.3 is 6.09 Å². The normalized spacial score (nSPS) is 23.8. The fourth-order valence-electron chi connectivity index (χ4n) is 9.18. The van der Waals surface area contributed by atoms with Gasteiger partial charge in [0.25, 0.3) is 21.8 Å². The maximum Gasteiger partial charge on any atom is 0.410 e. The van der Waals surface area contributed by atoms with E-state index in [1.54, 1.807) is 17.0 Å². The Hall–Kier alpha value is -3.49. The Balaban J connectivity index is 0.875. The van der Waals surface area contributed by atoms with Crippen LogP contribution in [0.15, 0.2) is 35.4 Å². The summed E-state index contributed by atoms with van der Waals surface area (Å²) in [6.45, 7) is 11.8. The minimum absolute atomic E-state index is 0.152. The zero-order valence-corrected chi connectivity index (χ0v) is 32.8. The summed E-state index contributed by atoms with van der Waals surface area (Å²) in [6.07, 6.45) is 8.59. The fraction of sp³-hybridized carbons (Fsp3) is 0.658. The number of rotatable bonds is 13. The molecule has 288 valence electrons. The number of hydrogen-bond acceptors (Lipinski definition) is 10. The lowest BCUT2D eigenvalue weighted by Crippen LogP contribution is -2.45. The highest BCUT2D eigenvalue weighted by Crippen LogP contribution is 2.93. The largest absolute Gasteiger partial charge is 0.444 e. The van der Waals surface area contributed by atoms with E-state index in [9.17, 15) is 22.8 Å². The number of carbonyl (C=O) groups excluding carboxylic acids is 3. The summed E-state index contributed by atoms with van der Waals surface area (Å²) < 4.78 is 40.0. The minimum Gasteiger partial charge on any atom is -0.444 e. The molecule has 1 unspecified atom stereocenters. The molecule has 3 amide bonds. The molecule has 2 aromatic heterocycles. The first kappa shape index (κ1) is 37.8. The molecule has 0 radical (unpaired) electrons. The van der Waals surface area contributed by atoms with Gasteiger partial charge in [-0.1, -0.05) is 17.7 Å². The number of nitrogens with one attached hydrogen (secondary N) is 2. The molecular weight excluding hydrogens is 720 g/mol. The van der Waals surface area contributed by atoms with Crippen molar-refractivity contribution in [1.82, 2.24) is 19.6 Å². The summed E-state index contributed by atoms with van der Waals surface area (Å²) in [5.74, 6) is 0.518. The molecular formula is C38H51ClN6O7S. The van der Waals surface area contributed by atoms with Crippen LogP contribution in [0, 0.1) is 22.7 Å². The van der Waals surface area contributed by atoms with E-state index in [0.717, 1.165) is 31.6 Å². The summed E-state index contributed by atoms with van der Waals surface area (Å²) in [6, 6.07) is 7.33. The molecule has 2 spiro atoms. The Morgan fingerprint density at radius 1 is 1.04 bits per heavy atom. The van der Waals surface area contributed by atoms with Gasteiger partial charge in [0, 0.05) is 38.2 Å². The second kappa shape index (κ2) is 13.7. The summed E-state index contributed by atoms with van der Waals surface area (Å²) in [5, 5.41) is 2.60.